The van der Waals surface area contributed by atoms with Crippen molar-refractivity contribution in [1.29, 1.82) is 0 Å². The van der Waals surface area contributed by atoms with Crippen molar-refractivity contribution in [3.8, 4) is 0 Å². The van der Waals surface area contributed by atoms with Crippen molar-refractivity contribution in [2.24, 2.45) is 0 Å². The second-order valence-corrected chi connectivity index (χ2v) is 7.11. The topological polar surface area (TPSA) is 119 Å². The average molecular weight is 444 g/mol. The zero-order valence-electron chi connectivity index (χ0n) is 14.6. The first-order valence-corrected chi connectivity index (χ1v) is 9.00. The van der Waals surface area contributed by atoms with E-state index in [1.807, 2.05) is 0 Å². The van der Waals surface area contributed by atoms with E-state index in [2.05, 4.69) is 20.6 Å². The molecule has 0 aliphatic carbocycles. The first-order chi connectivity index (χ1) is 13.2. The van der Waals surface area contributed by atoms with Crippen molar-refractivity contribution in [3.63, 3.8) is 0 Å². The second kappa shape index (κ2) is 7.78. The Morgan fingerprint density at radius 2 is 2.04 bits per heavy atom. The zero-order valence-corrected chi connectivity index (χ0v) is 16.9. The quantitative estimate of drug-likeness (QED) is 0.448. The van der Waals surface area contributed by atoms with Gasteiger partial charge in [0.25, 0.3) is 5.91 Å². The molecule has 0 radical (unpaired) electrons. The van der Waals surface area contributed by atoms with Gasteiger partial charge in [-0.05, 0) is 36.5 Å². The number of H-pyrrole nitrogens is 1. The molecule has 3 aromatic rings. The lowest BCUT2D eigenvalue weighted by Crippen LogP contribution is -2.14. The number of benzene rings is 1. The van der Waals surface area contributed by atoms with Crippen LogP contribution in [0.1, 0.15) is 27.4 Å². The van der Waals surface area contributed by atoms with Crippen LogP contribution in [0.3, 0.4) is 0 Å². The Labute approximate surface area is 173 Å². The van der Waals surface area contributed by atoms with Gasteiger partial charge in [-0.3, -0.25) is 9.48 Å². The minimum Gasteiger partial charge on any atom is -0.358 e. The number of amides is 1. The SMILES string of the molecule is Cc1nn(Cc2ccc(Cl)cc2Cl)c(C)c1NC(=O)c1n[nH]c([N+](=O)[O-])c1Cl. The van der Waals surface area contributed by atoms with E-state index in [0.29, 0.717) is 33.7 Å². The summed E-state index contributed by atoms with van der Waals surface area (Å²) in [7, 11) is 0. The van der Waals surface area contributed by atoms with E-state index in [-0.39, 0.29) is 10.7 Å². The van der Waals surface area contributed by atoms with Crippen LogP contribution in [0.5, 0.6) is 0 Å². The van der Waals surface area contributed by atoms with Crippen LogP contribution in [-0.4, -0.2) is 30.8 Å². The van der Waals surface area contributed by atoms with Gasteiger partial charge in [0.2, 0.25) is 0 Å². The molecule has 2 heterocycles. The highest BCUT2D eigenvalue weighted by Crippen LogP contribution is 2.28. The average Bonchev–Trinajstić information content (AvgIpc) is 3.12. The molecular weight excluding hydrogens is 431 g/mol. The van der Waals surface area contributed by atoms with Gasteiger partial charge in [-0.15, -0.1) is 5.10 Å². The number of carbonyl (C=O) groups excluding carboxylic acids is 1. The number of nitro groups is 1. The first-order valence-electron chi connectivity index (χ1n) is 7.86. The number of aromatic nitrogens is 4. The van der Waals surface area contributed by atoms with Gasteiger partial charge in [0, 0.05) is 10.0 Å². The number of nitrogens with one attached hydrogen (secondary N) is 2. The van der Waals surface area contributed by atoms with Crippen molar-refractivity contribution in [3.05, 3.63) is 66.0 Å². The monoisotopic (exact) mass is 442 g/mol. The van der Waals surface area contributed by atoms with Gasteiger partial charge in [-0.25, -0.2) is 0 Å². The predicted octanol–water partition coefficient (Wildman–Crippen LogP) is 4.39. The van der Waals surface area contributed by atoms with Crippen LogP contribution in [0, 0.1) is 24.0 Å². The molecule has 0 fully saturated rings. The van der Waals surface area contributed by atoms with Crippen molar-refractivity contribution in [1.82, 2.24) is 20.0 Å². The maximum absolute atomic E-state index is 12.5. The molecule has 2 N–H and O–H groups in total. The molecule has 0 saturated heterocycles. The summed E-state index contributed by atoms with van der Waals surface area (Å²) in [4.78, 5) is 22.5. The van der Waals surface area contributed by atoms with Crippen molar-refractivity contribution in [2.75, 3.05) is 5.32 Å². The predicted molar refractivity (Wildman–Crippen MR) is 105 cm³/mol. The van der Waals surface area contributed by atoms with E-state index in [1.54, 1.807) is 36.7 Å². The number of aromatic amines is 1. The zero-order chi connectivity index (χ0) is 20.6. The fourth-order valence-electron chi connectivity index (χ4n) is 2.61. The number of hydrogen-bond acceptors (Lipinski definition) is 5. The van der Waals surface area contributed by atoms with Crippen molar-refractivity contribution >= 4 is 52.2 Å². The van der Waals surface area contributed by atoms with Gasteiger partial charge in [0.1, 0.15) is 0 Å². The van der Waals surface area contributed by atoms with Crippen LogP contribution < -0.4 is 5.32 Å². The Morgan fingerprint density at radius 3 is 2.64 bits per heavy atom. The highest BCUT2D eigenvalue weighted by atomic mass is 35.5. The summed E-state index contributed by atoms with van der Waals surface area (Å²) in [5, 5.41) is 24.3. The number of nitrogens with zero attached hydrogens (tertiary/aromatic N) is 4. The van der Waals surface area contributed by atoms with Gasteiger partial charge in [-0.1, -0.05) is 46.0 Å². The summed E-state index contributed by atoms with van der Waals surface area (Å²) in [6.07, 6.45) is 0. The van der Waals surface area contributed by atoms with Crippen LogP contribution in [0.15, 0.2) is 18.2 Å². The number of hydrogen-bond donors (Lipinski definition) is 2. The Kier molecular flexibility index (Phi) is 5.59. The molecule has 0 atom stereocenters. The minimum atomic E-state index is -0.753. The van der Waals surface area contributed by atoms with Gasteiger partial charge >= 0.3 is 5.82 Å². The number of carbonyl (C=O) groups is 1. The third kappa shape index (κ3) is 3.82. The molecule has 0 aliphatic rings. The van der Waals surface area contributed by atoms with Gasteiger partial charge < -0.3 is 15.4 Å². The maximum atomic E-state index is 12.5. The lowest BCUT2D eigenvalue weighted by Gasteiger charge is -2.08. The third-order valence-electron chi connectivity index (χ3n) is 4.04. The summed E-state index contributed by atoms with van der Waals surface area (Å²) in [5.41, 5.74) is 2.20. The van der Waals surface area contributed by atoms with E-state index in [9.17, 15) is 14.9 Å². The normalized spacial score (nSPS) is 10.9. The molecule has 28 heavy (non-hydrogen) atoms. The number of anilines is 1. The van der Waals surface area contributed by atoms with Gasteiger partial charge in [-0.2, -0.15) is 5.10 Å². The van der Waals surface area contributed by atoms with E-state index in [1.165, 1.54) is 0 Å². The van der Waals surface area contributed by atoms with Crippen LogP contribution >= 0.6 is 34.8 Å². The molecule has 0 unspecified atom stereocenters. The van der Waals surface area contributed by atoms with Crippen LogP contribution in [0.4, 0.5) is 11.5 Å². The fourth-order valence-corrected chi connectivity index (χ4v) is 3.31. The first kappa shape index (κ1) is 20.1. The number of halogens is 3. The third-order valence-corrected chi connectivity index (χ3v) is 4.99. The summed E-state index contributed by atoms with van der Waals surface area (Å²) in [6.45, 7) is 3.86. The van der Waals surface area contributed by atoms with Crippen LogP contribution in [0.2, 0.25) is 15.1 Å². The maximum Gasteiger partial charge on any atom is 0.362 e. The number of rotatable bonds is 5. The Morgan fingerprint density at radius 1 is 1.32 bits per heavy atom. The standard InChI is InChI=1S/C16H13Cl3N6O3/c1-7-13(20-16(26)14-12(19)15(22-21-14)25(27)28)8(2)24(23-7)6-9-3-4-10(17)5-11(9)18/h3-5H,6H2,1-2H3,(H,20,26)(H,21,22). The lowest BCUT2D eigenvalue weighted by atomic mass is 10.2. The molecular formula is C16H13Cl3N6O3. The van der Waals surface area contributed by atoms with Crippen LogP contribution in [0.25, 0.3) is 0 Å². The Bertz CT molecular complexity index is 1090. The molecule has 2 aromatic heterocycles. The fraction of sp³-hybridized carbons (Fsp3) is 0.188. The van der Waals surface area contributed by atoms with Crippen LogP contribution in [-0.2, 0) is 6.54 Å². The highest BCUT2D eigenvalue weighted by molar-refractivity contribution is 6.36. The van der Waals surface area contributed by atoms with Gasteiger partial charge in [0.15, 0.2) is 10.7 Å². The van der Waals surface area contributed by atoms with E-state index in [0.717, 1.165) is 5.56 Å². The molecule has 0 spiro atoms. The Hall–Kier alpha value is -2.62. The molecule has 146 valence electrons. The van der Waals surface area contributed by atoms with Crippen molar-refractivity contribution < 1.29 is 9.72 Å². The number of aryl methyl sites for hydroxylation is 1. The summed E-state index contributed by atoms with van der Waals surface area (Å²) >= 11 is 18.0. The summed E-state index contributed by atoms with van der Waals surface area (Å²) in [6, 6.07) is 5.16. The summed E-state index contributed by atoms with van der Waals surface area (Å²) < 4.78 is 1.68. The van der Waals surface area contributed by atoms with E-state index >= 15 is 0 Å². The molecule has 1 aromatic carbocycles. The van der Waals surface area contributed by atoms with E-state index in [4.69, 9.17) is 34.8 Å². The van der Waals surface area contributed by atoms with Crippen molar-refractivity contribution in [2.45, 2.75) is 20.4 Å². The minimum absolute atomic E-state index is 0.277. The Balaban J connectivity index is 1.86. The molecule has 9 nitrogen and oxygen atoms in total. The molecule has 0 saturated carbocycles. The molecule has 0 aliphatic heterocycles. The second-order valence-electron chi connectivity index (χ2n) is 5.89. The molecule has 3 rings (SSSR count). The molecule has 12 heteroatoms. The molecule has 0 bridgehead atoms. The largest absolute Gasteiger partial charge is 0.362 e. The molecule has 1 amide bonds. The lowest BCUT2D eigenvalue weighted by molar-refractivity contribution is -0.389. The van der Waals surface area contributed by atoms with E-state index < -0.39 is 16.6 Å². The van der Waals surface area contributed by atoms with Gasteiger partial charge in [0.05, 0.1) is 23.6 Å². The highest BCUT2D eigenvalue weighted by Gasteiger charge is 2.26. The smallest absolute Gasteiger partial charge is 0.358 e. The summed E-state index contributed by atoms with van der Waals surface area (Å²) in [5.74, 6) is -1.24.